The van der Waals surface area contributed by atoms with Crippen LogP contribution in [0, 0.1) is 11.6 Å². The van der Waals surface area contributed by atoms with Gasteiger partial charge in [-0.15, -0.1) is 0 Å². The van der Waals surface area contributed by atoms with E-state index in [4.69, 9.17) is 4.74 Å². The zero-order chi connectivity index (χ0) is 18.4. The summed E-state index contributed by atoms with van der Waals surface area (Å²) < 4.78 is 36.9. The summed E-state index contributed by atoms with van der Waals surface area (Å²) >= 11 is 0. The number of esters is 1. The van der Waals surface area contributed by atoms with Gasteiger partial charge >= 0.3 is 5.97 Å². The standard InChI is InChI=1S/C18H17F2NO4/c1-24-13-6-3-11(4-7-13)9-16(22)21-17(18(23)25-2)14-10-12(19)5-8-15(14)20/h3-8,10,17H,9H2,1-2H3,(H,21,22). The summed E-state index contributed by atoms with van der Waals surface area (Å²) in [7, 11) is 2.62. The van der Waals surface area contributed by atoms with Gasteiger partial charge in [0.2, 0.25) is 5.91 Å². The van der Waals surface area contributed by atoms with Crippen LogP contribution < -0.4 is 10.1 Å². The average Bonchev–Trinajstić information content (AvgIpc) is 2.62. The highest BCUT2D eigenvalue weighted by Gasteiger charge is 2.27. The van der Waals surface area contributed by atoms with E-state index in [1.54, 1.807) is 24.3 Å². The van der Waals surface area contributed by atoms with Crippen LogP contribution in [-0.4, -0.2) is 26.1 Å². The maximum Gasteiger partial charge on any atom is 0.333 e. The van der Waals surface area contributed by atoms with E-state index in [1.165, 1.54) is 7.11 Å². The van der Waals surface area contributed by atoms with Gasteiger partial charge in [-0.05, 0) is 35.9 Å². The van der Waals surface area contributed by atoms with Crippen LogP contribution in [0.15, 0.2) is 42.5 Å². The lowest BCUT2D eigenvalue weighted by atomic mass is 10.0. The van der Waals surface area contributed by atoms with Gasteiger partial charge in [0.15, 0.2) is 6.04 Å². The molecule has 0 radical (unpaired) electrons. The Morgan fingerprint density at radius 2 is 1.76 bits per heavy atom. The van der Waals surface area contributed by atoms with E-state index in [9.17, 15) is 18.4 Å². The number of hydrogen-bond donors (Lipinski definition) is 1. The van der Waals surface area contributed by atoms with Gasteiger partial charge in [-0.1, -0.05) is 12.1 Å². The number of amides is 1. The molecule has 1 unspecified atom stereocenters. The molecule has 1 amide bonds. The minimum atomic E-state index is -1.44. The van der Waals surface area contributed by atoms with Crippen molar-refractivity contribution < 1.29 is 27.8 Å². The van der Waals surface area contributed by atoms with Gasteiger partial charge in [-0.25, -0.2) is 13.6 Å². The Kier molecular flexibility index (Phi) is 6.05. The predicted molar refractivity (Wildman–Crippen MR) is 86.0 cm³/mol. The van der Waals surface area contributed by atoms with Crippen molar-refractivity contribution in [3.05, 3.63) is 65.2 Å². The molecule has 0 aliphatic heterocycles. The van der Waals surface area contributed by atoms with Crippen molar-refractivity contribution in [1.82, 2.24) is 5.32 Å². The predicted octanol–water partition coefficient (Wildman–Crippen LogP) is 2.55. The first kappa shape index (κ1) is 18.4. The van der Waals surface area contributed by atoms with E-state index in [1.807, 2.05) is 0 Å². The number of rotatable bonds is 6. The molecule has 7 heteroatoms. The topological polar surface area (TPSA) is 64.6 Å². The molecule has 5 nitrogen and oxygen atoms in total. The monoisotopic (exact) mass is 349 g/mol. The Morgan fingerprint density at radius 1 is 1.08 bits per heavy atom. The number of carbonyl (C=O) groups excluding carboxylic acids is 2. The van der Waals surface area contributed by atoms with Gasteiger partial charge in [0.05, 0.1) is 20.6 Å². The first-order valence-electron chi connectivity index (χ1n) is 7.39. The van der Waals surface area contributed by atoms with Gasteiger partial charge in [0, 0.05) is 5.56 Å². The van der Waals surface area contributed by atoms with Gasteiger partial charge < -0.3 is 14.8 Å². The molecule has 0 spiro atoms. The van der Waals surface area contributed by atoms with Gasteiger partial charge in [-0.3, -0.25) is 4.79 Å². The van der Waals surface area contributed by atoms with Crippen LogP contribution in [-0.2, 0) is 20.7 Å². The van der Waals surface area contributed by atoms with E-state index in [2.05, 4.69) is 10.1 Å². The van der Waals surface area contributed by atoms with Gasteiger partial charge in [-0.2, -0.15) is 0 Å². The van der Waals surface area contributed by atoms with Gasteiger partial charge in [0.25, 0.3) is 0 Å². The number of hydrogen-bond acceptors (Lipinski definition) is 4. The number of carbonyl (C=O) groups is 2. The second-order valence-corrected chi connectivity index (χ2v) is 5.21. The molecule has 0 heterocycles. The second-order valence-electron chi connectivity index (χ2n) is 5.21. The molecule has 1 atom stereocenters. The molecule has 2 aromatic carbocycles. The summed E-state index contributed by atoms with van der Waals surface area (Å²) in [6.07, 6.45) is -0.0472. The van der Waals surface area contributed by atoms with Crippen molar-refractivity contribution in [3.8, 4) is 5.75 Å². The van der Waals surface area contributed by atoms with Crippen molar-refractivity contribution in [2.24, 2.45) is 0 Å². The second kappa shape index (κ2) is 8.23. The number of ether oxygens (including phenoxy) is 2. The van der Waals surface area contributed by atoms with Crippen molar-refractivity contribution in [3.63, 3.8) is 0 Å². The van der Waals surface area contributed by atoms with E-state index in [0.29, 0.717) is 11.3 Å². The highest BCUT2D eigenvalue weighted by atomic mass is 19.1. The highest BCUT2D eigenvalue weighted by molar-refractivity contribution is 5.86. The van der Waals surface area contributed by atoms with E-state index in [-0.39, 0.29) is 12.0 Å². The fourth-order valence-electron chi connectivity index (χ4n) is 2.26. The lowest BCUT2D eigenvalue weighted by molar-refractivity contribution is -0.145. The Hall–Kier alpha value is -2.96. The van der Waals surface area contributed by atoms with Crippen LogP contribution in [0.2, 0.25) is 0 Å². The lowest BCUT2D eigenvalue weighted by Crippen LogP contribution is -2.36. The first-order valence-corrected chi connectivity index (χ1v) is 7.39. The maximum atomic E-state index is 13.9. The van der Waals surface area contributed by atoms with Crippen LogP contribution in [0.1, 0.15) is 17.2 Å². The molecule has 0 aliphatic carbocycles. The van der Waals surface area contributed by atoms with E-state index >= 15 is 0 Å². The van der Waals surface area contributed by atoms with E-state index in [0.717, 1.165) is 25.3 Å². The Balaban J connectivity index is 2.17. The number of halogens is 2. The van der Waals surface area contributed by atoms with Crippen LogP contribution in [0.25, 0.3) is 0 Å². The summed E-state index contributed by atoms with van der Waals surface area (Å²) in [5.74, 6) is -2.34. The summed E-state index contributed by atoms with van der Waals surface area (Å²) in [5.41, 5.74) is 0.372. The molecular weight excluding hydrogens is 332 g/mol. The zero-order valence-corrected chi connectivity index (χ0v) is 13.7. The average molecular weight is 349 g/mol. The van der Waals surface area contributed by atoms with Crippen LogP contribution in [0.3, 0.4) is 0 Å². The summed E-state index contributed by atoms with van der Waals surface area (Å²) in [6, 6.07) is 7.97. The molecule has 0 fully saturated rings. The van der Waals surface area contributed by atoms with Crippen molar-refractivity contribution in [2.45, 2.75) is 12.5 Å². The molecule has 132 valence electrons. The third kappa shape index (κ3) is 4.76. The zero-order valence-electron chi connectivity index (χ0n) is 13.7. The number of benzene rings is 2. The minimum Gasteiger partial charge on any atom is -0.497 e. The maximum absolute atomic E-state index is 13.9. The molecule has 2 aromatic rings. The van der Waals surface area contributed by atoms with Crippen LogP contribution >= 0.6 is 0 Å². The summed E-state index contributed by atoms with van der Waals surface area (Å²) in [4.78, 5) is 24.1. The smallest absolute Gasteiger partial charge is 0.333 e. The van der Waals surface area contributed by atoms with Gasteiger partial charge in [0.1, 0.15) is 17.4 Å². The van der Waals surface area contributed by atoms with Crippen molar-refractivity contribution in [2.75, 3.05) is 14.2 Å². The molecule has 0 aromatic heterocycles. The SMILES string of the molecule is COC(=O)C(NC(=O)Cc1ccc(OC)cc1)c1cc(F)ccc1F. The highest BCUT2D eigenvalue weighted by Crippen LogP contribution is 2.20. The molecular formula is C18H17F2NO4. The third-order valence-electron chi connectivity index (χ3n) is 3.53. The van der Waals surface area contributed by atoms with Crippen LogP contribution in [0.4, 0.5) is 8.78 Å². The largest absolute Gasteiger partial charge is 0.497 e. The molecule has 0 saturated carbocycles. The molecule has 0 bridgehead atoms. The summed E-state index contributed by atoms with van der Waals surface area (Å²) in [6.45, 7) is 0. The minimum absolute atomic E-state index is 0.0472. The Bertz CT molecular complexity index is 762. The normalized spacial score (nSPS) is 11.5. The van der Waals surface area contributed by atoms with Crippen molar-refractivity contribution >= 4 is 11.9 Å². The quantitative estimate of drug-likeness (QED) is 0.814. The first-order chi connectivity index (χ1) is 11.9. The number of methoxy groups -OCH3 is 2. The van der Waals surface area contributed by atoms with Crippen LogP contribution in [0.5, 0.6) is 5.75 Å². The van der Waals surface area contributed by atoms with Crippen molar-refractivity contribution in [1.29, 1.82) is 0 Å². The Morgan fingerprint density at radius 3 is 2.36 bits per heavy atom. The third-order valence-corrected chi connectivity index (χ3v) is 3.53. The molecule has 0 aliphatic rings. The Labute approximate surface area is 143 Å². The summed E-state index contributed by atoms with van der Waals surface area (Å²) in [5, 5.41) is 2.38. The fourth-order valence-corrected chi connectivity index (χ4v) is 2.26. The molecule has 0 saturated heterocycles. The van der Waals surface area contributed by atoms with E-state index < -0.39 is 29.6 Å². The molecule has 2 rings (SSSR count). The lowest BCUT2D eigenvalue weighted by Gasteiger charge is -2.17. The molecule has 25 heavy (non-hydrogen) atoms. The molecule has 1 N–H and O–H groups in total. The fraction of sp³-hybridized carbons (Fsp3) is 0.222. The number of nitrogens with one attached hydrogen (secondary N) is 1.